The first-order chi connectivity index (χ1) is 10.8. The Hall–Kier alpha value is -1.31. The first kappa shape index (κ1) is 18.0. The van der Waals surface area contributed by atoms with E-state index >= 15 is 0 Å². The van der Waals surface area contributed by atoms with Gasteiger partial charge in [-0.15, -0.1) is 0 Å². The lowest BCUT2D eigenvalue weighted by Gasteiger charge is -2.15. The normalized spacial score (nSPS) is 11.7. The molecule has 0 aliphatic carbocycles. The molecular formula is C16H21BrFN3OSi. The van der Waals surface area contributed by atoms with E-state index in [1.165, 1.54) is 18.3 Å². The first-order valence-corrected chi connectivity index (χ1v) is 11.9. The summed E-state index contributed by atoms with van der Waals surface area (Å²) in [5.41, 5.74) is 1.83. The molecule has 0 radical (unpaired) electrons. The van der Waals surface area contributed by atoms with Crippen molar-refractivity contribution in [3.63, 3.8) is 0 Å². The van der Waals surface area contributed by atoms with Crippen molar-refractivity contribution in [2.75, 3.05) is 6.61 Å². The Kier molecular flexibility index (Phi) is 5.88. The average Bonchev–Trinajstić information content (AvgIpc) is 2.88. The number of ether oxygens (including phenoxy) is 1. The van der Waals surface area contributed by atoms with E-state index in [2.05, 4.69) is 40.7 Å². The summed E-state index contributed by atoms with van der Waals surface area (Å²) < 4.78 is 21.6. The van der Waals surface area contributed by atoms with Crippen LogP contribution >= 0.6 is 15.9 Å². The van der Waals surface area contributed by atoms with Gasteiger partial charge in [0, 0.05) is 42.7 Å². The van der Waals surface area contributed by atoms with E-state index in [1.54, 1.807) is 16.9 Å². The number of halogens is 2. The number of hydrogen-bond donors (Lipinski definition) is 1. The Morgan fingerprint density at radius 1 is 1.39 bits per heavy atom. The van der Waals surface area contributed by atoms with E-state index in [4.69, 9.17) is 10.1 Å². The summed E-state index contributed by atoms with van der Waals surface area (Å²) in [4.78, 5) is 0. The molecule has 4 nitrogen and oxygen atoms in total. The van der Waals surface area contributed by atoms with Crippen LogP contribution in [-0.2, 0) is 11.5 Å². The average molecular weight is 398 g/mol. The second kappa shape index (κ2) is 7.50. The van der Waals surface area contributed by atoms with Crippen LogP contribution in [0.25, 0.3) is 11.3 Å². The zero-order chi connectivity index (χ0) is 17.0. The number of rotatable bonds is 7. The molecule has 0 bridgehead atoms. The van der Waals surface area contributed by atoms with E-state index in [9.17, 15) is 4.39 Å². The topological polar surface area (TPSA) is 50.9 Å². The second-order valence-corrected chi connectivity index (χ2v) is 13.1. The molecule has 1 aromatic heterocycles. The fourth-order valence-electron chi connectivity index (χ4n) is 2.03. The predicted molar refractivity (Wildman–Crippen MR) is 97.3 cm³/mol. The van der Waals surface area contributed by atoms with Gasteiger partial charge in [-0.3, -0.25) is 0 Å². The van der Waals surface area contributed by atoms with Crippen LogP contribution < -0.4 is 0 Å². The lowest BCUT2D eigenvalue weighted by molar-refractivity contribution is 0.0787. The Labute approximate surface area is 145 Å². The molecule has 0 saturated carbocycles. The summed E-state index contributed by atoms with van der Waals surface area (Å²) in [6.45, 7) is 7.94. The summed E-state index contributed by atoms with van der Waals surface area (Å²) in [5, 5.41) is 12.0. The molecular weight excluding hydrogens is 377 g/mol. The van der Waals surface area contributed by atoms with Gasteiger partial charge < -0.3 is 10.1 Å². The lowest BCUT2D eigenvalue weighted by atomic mass is 10.1. The van der Waals surface area contributed by atoms with E-state index in [0.717, 1.165) is 10.5 Å². The van der Waals surface area contributed by atoms with E-state index < -0.39 is 8.07 Å². The van der Waals surface area contributed by atoms with Crippen molar-refractivity contribution in [2.24, 2.45) is 0 Å². The van der Waals surface area contributed by atoms with Crippen LogP contribution in [0, 0.1) is 11.2 Å². The van der Waals surface area contributed by atoms with E-state index in [1.807, 2.05) is 0 Å². The van der Waals surface area contributed by atoms with Crippen LogP contribution in [0.15, 0.2) is 28.9 Å². The van der Waals surface area contributed by atoms with Crippen molar-refractivity contribution in [1.29, 1.82) is 5.41 Å². The minimum Gasteiger partial charge on any atom is -0.360 e. The number of hydrogen-bond acceptors (Lipinski definition) is 3. The quantitative estimate of drug-likeness (QED) is 0.415. The lowest BCUT2D eigenvalue weighted by Crippen LogP contribution is -2.22. The monoisotopic (exact) mass is 397 g/mol. The highest BCUT2D eigenvalue weighted by Gasteiger charge is 2.15. The smallest absolute Gasteiger partial charge is 0.139 e. The molecule has 1 N–H and O–H groups in total. The molecule has 1 heterocycles. The van der Waals surface area contributed by atoms with Crippen LogP contribution in [0.1, 0.15) is 5.56 Å². The molecule has 0 atom stereocenters. The molecule has 0 amide bonds. The third-order valence-electron chi connectivity index (χ3n) is 3.35. The Bertz CT molecular complexity index is 697. The van der Waals surface area contributed by atoms with Crippen LogP contribution in [0.5, 0.6) is 0 Å². The van der Waals surface area contributed by atoms with Gasteiger partial charge in [-0.05, 0) is 24.2 Å². The molecule has 0 fully saturated rings. The first-order valence-electron chi connectivity index (χ1n) is 7.41. The number of nitrogens with one attached hydrogen (secondary N) is 1. The summed E-state index contributed by atoms with van der Waals surface area (Å²) in [7, 11) is -1.11. The molecule has 2 aromatic rings. The standard InChI is InChI=1S/C16H21BrFN3OSi/c1-23(2,3)7-6-22-11-21-10-12(9-19)16(20-21)14-8-13(18)4-5-15(14)17/h4-5,8-10,19H,6-7,11H2,1-3H3. The van der Waals surface area contributed by atoms with Crippen LogP contribution in [0.2, 0.25) is 25.7 Å². The van der Waals surface area contributed by atoms with Crippen molar-refractivity contribution < 1.29 is 9.13 Å². The molecule has 1 aromatic carbocycles. The largest absolute Gasteiger partial charge is 0.360 e. The maximum atomic E-state index is 13.5. The van der Waals surface area contributed by atoms with Crippen molar-refractivity contribution >= 4 is 30.2 Å². The van der Waals surface area contributed by atoms with Gasteiger partial charge in [0.25, 0.3) is 0 Å². The molecule has 0 saturated heterocycles. The third-order valence-corrected chi connectivity index (χ3v) is 5.74. The van der Waals surface area contributed by atoms with Gasteiger partial charge in [0.1, 0.15) is 18.2 Å². The number of nitrogens with zero attached hydrogens (tertiary/aromatic N) is 2. The van der Waals surface area contributed by atoms with Crippen molar-refractivity contribution in [3.8, 4) is 11.3 Å². The van der Waals surface area contributed by atoms with Crippen molar-refractivity contribution in [1.82, 2.24) is 9.78 Å². The van der Waals surface area contributed by atoms with E-state index in [0.29, 0.717) is 30.2 Å². The molecule has 0 spiro atoms. The zero-order valence-corrected chi connectivity index (χ0v) is 16.2. The summed E-state index contributed by atoms with van der Waals surface area (Å²) >= 11 is 3.41. The molecule has 124 valence electrons. The van der Waals surface area contributed by atoms with Gasteiger partial charge in [-0.1, -0.05) is 35.6 Å². The van der Waals surface area contributed by atoms with Gasteiger partial charge in [-0.25, -0.2) is 9.07 Å². The number of benzene rings is 1. The van der Waals surface area contributed by atoms with Gasteiger partial charge in [0.05, 0.1) is 0 Å². The third kappa shape index (κ3) is 5.09. The van der Waals surface area contributed by atoms with Gasteiger partial charge in [0.2, 0.25) is 0 Å². The minimum atomic E-state index is -1.11. The Balaban J connectivity index is 2.15. The highest BCUT2D eigenvalue weighted by Crippen LogP contribution is 2.29. The van der Waals surface area contributed by atoms with Gasteiger partial charge >= 0.3 is 0 Å². The summed E-state index contributed by atoms with van der Waals surface area (Å²) in [5.74, 6) is -0.333. The van der Waals surface area contributed by atoms with Crippen molar-refractivity contribution in [2.45, 2.75) is 32.4 Å². The molecule has 2 rings (SSSR count). The number of aromatic nitrogens is 2. The maximum Gasteiger partial charge on any atom is 0.139 e. The highest BCUT2D eigenvalue weighted by atomic mass is 79.9. The highest BCUT2D eigenvalue weighted by molar-refractivity contribution is 9.10. The molecule has 0 unspecified atom stereocenters. The fourth-order valence-corrected chi connectivity index (χ4v) is 3.22. The minimum absolute atomic E-state index is 0.332. The molecule has 23 heavy (non-hydrogen) atoms. The summed E-state index contributed by atoms with van der Waals surface area (Å²) in [6.07, 6.45) is 2.96. The van der Waals surface area contributed by atoms with Crippen LogP contribution in [0.4, 0.5) is 4.39 Å². The SMILES string of the molecule is C[Si](C)(C)CCOCn1cc(C=N)c(-c2cc(F)ccc2Br)n1. The Morgan fingerprint density at radius 2 is 2.13 bits per heavy atom. The summed E-state index contributed by atoms with van der Waals surface area (Å²) in [6, 6.07) is 5.53. The fraction of sp³-hybridized carbons (Fsp3) is 0.375. The zero-order valence-electron chi connectivity index (χ0n) is 13.6. The maximum absolute atomic E-state index is 13.5. The van der Waals surface area contributed by atoms with Crippen molar-refractivity contribution in [3.05, 3.63) is 40.2 Å². The molecule has 0 aliphatic heterocycles. The molecule has 0 aliphatic rings. The second-order valence-electron chi connectivity index (χ2n) is 6.59. The predicted octanol–water partition coefficient (Wildman–Crippen LogP) is 4.76. The van der Waals surface area contributed by atoms with Gasteiger partial charge in [0.15, 0.2) is 0 Å². The van der Waals surface area contributed by atoms with E-state index in [-0.39, 0.29) is 5.82 Å². The van der Waals surface area contributed by atoms with Gasteiger partial charge in [-0.2, -0.15) is 5.10 Å². The molecule has 7 heteroatoms. The Morgan fingerprint density at radius 3 is 2.78 bits per heavy atom. The van der Waals surface area contributed by atoms with Crippen LogP contribution in [0.3, 0.4) is 0 Å². The van der Waals surface area contributed by atoms with Crippen LogP contribution in [-0.4, -0.2) is 30.7 Å².